The second-order valence-electron chi connectivity index (χ2n) is 11.4. The van der Waals surface area contributed by atoms with Crippen LogP contribution in [-0.2, 0) is 26.7 Å². The van der Waals surface area contributed by atoms with Gasteiger partial charge in [-0.1, -0.05) is 38.1 Å². The van der Waals surface area contributed by atoms with Crippen molar-refractivity contribution < 1.29 is 27.8 Å². The molecule has 7 nitrogen and oxygen atoms in total. The molecule has 1 fully saturated rings. The lowest BCUT2D eigenvalue weighted by Crippen LogP contribution is -2.22. The van der Waals surface area contributed by atoms with Crippen molar-refractivity contribution in [1.29, 1.82) is 0 Å². The molecule has 39 heavy (non-hydrogen) atoms. The number of hydrogen-bond donors (Lipinski definition) is 1. The van der Waals surface area contributed by atoms with Gasteiger partial charge >= 0.3 is 5.97 Å². The number of carbonyl (C=O) groups is 1. The summed E-state index contributed by atoms with van der Waals surface area (Å²) in [5.41, 5.74) is 7.12. The van der Waals surface area contributed by atoms with Crippen LogP contribution in [0, 0.1) is 25.7 Å². The summed E-state index contributed by atoms with van der Waals surface area (Å²) in [6.45, 7) is 8.94. The number of pyridine rings is 1. The van der Waals surface area contributed by atoms with Gasteiger partial charge in [0.2, 0.25) is 5.88 Å². The van der Waals surface area contributed by atoms with Crippen LogP contribution in [0.5, 0.6) is 11.6 Å². The van der Waals surface area contributed by atoms with Gasteiger partial charge in [0.05, 0.1) is 18.3 Å². The smallest absolute Gasteiger partial charge is 0.307 e. The van der Waals surface area contributed by atoms with E-state index in [1.807, 2.05) is 44.2 Å². The maximum atomic E-state index is 11.6. The van der Waals surface area contributed by atoms with Gasteiger partial charge in [-0.05, 0) is 77.6 Å². The number of fused-ring (bicyclic) bond motifs is 3. The molecule has 1 aromatic heterocycles. The standard InChI is InChI=1S/C31H35NO6S/c1-18-14-25(37-12-7-13-39(5,35)36)32-19(2)26(18)21-9-6-8-20(15-21)17-38-22-10-11-23-24(16-22)31(3,4)29-27(23)28(29)30(33)34/h6,8-11,14-16,27-29H,7,12-13,17H2,1-5H3,(H,33,34). The molecular formula is C31H35NO6S. The Balaban J connectivity index is 1.27. The van der Waals surface area contributed by atoms with E-state index in [1.54, 1.807) is 0 Å². The molecule has 0 amide bonds. The van der Waals surface area contributed by atoms with E-state index >= 15 is 0 Å². The first-order chi connectivity index (χ1) is 18.4. The Labute approximate surface area is 230 Å². The molecule has 0 spiro atoms. The molecule has 0 saturated heterocycles. The Morgan fingerprint density at radius 3 is 2.54 bits per heavy atom. The summed E-state index contributed by atoms with van der Waals surface area (Å²) in [5.74, 6) is 0.664. The highest BCUT2D eigenvalue weighted by Crippen LogP contribution is 2.69. The average Bonchev–Trinajstić information content (AvgIpc) is 3.57. The number of rotatable bonds is 10. The van der Waals surface area contributed by atoms with Crippen LogP contribution < -0.4 is 9.47 Å². The minimum atomic E-state index is -3.01. The Morgan fingerprint density at radius 1 is 1.08 bits per heavy atom. The van der Waals surface area contributed by atoms with Crippen molar-refractivity contribution in [2.24, 2.45) is 11.8 Å². The fourth-order valence-electron chi connectivity index (χ4n) is 6.34. The molecule has 1 N–H and O–H groups in total. The van der Waals surface area contributed by atoms with Crippen molar-refractivity contribution in [3.8, 4) is 22.8 Å². The van der Waals surface area contributed by atoms with Gasteiger partial charge in [-0.3, -0.25) is 4.79 Å². The average molecular weight is 550 g/mol. The number of hydrogen-bond acceptors (Lipinski definition) is 6. The Kier molecular flexibility index (Phi) is 6.95. The van der Waals surface area contributed by atoms with E-state index in [4.69, 9.17) is 9.47 Å². The normalized spacial score (nSPS) is 20.7. The molecular weight excluding hydrogens is 514 g/mol. The van der Waals surface area contributed by atoms with Crippen LogP contribution in [0.4, 0.5) is 0 Å². The molecule has 0 bridgehead atoms. The van der Waals surface area contributed by atoms with E-state index in [0.717, 1.165) is 39.3 Å². The van der Waals surface area contributed by atoms with E-state index in [1.165, 1.54) is 11.8 Å². The van der Waals surface area contributed by atoms with Crippen LogP contribution in [0.15, 0.2) is 48.5 Å². The van der Waals surface area contributed by atoms with Crippen LogP contribution in [0.3, 0.4) is 0 Å². The van der Waals surface area contributed by atoms with Crippen LogP contribution in [0.25, 0.3) is 11.1 Å². The Hall–Kier alpha value is -3.39. The highest BCUT2D eigenvalue weighted by Gasteiger charge is 2.67. The van der Waals surface area contributed by atoms with Crippen LogP contribution in [-0.4, -0.2) is 43.1 Å². The maximum absolute atomic E-state index is 11.6. The zero-order chi connectivity index (χ0) is 28.1. The number of aromatic nitrogens is 1. The van der Waals surface area contributed by atoms with E-state index in [2.05, 4.69) is 37.0 Å². The van der Waals surface area contributed by atoms with Crippen LogP contribution >= 0.6 is 0 Å². The third-order valence-corrected chi connectivity index (χ3v) is 9.15. The third kappa shape index (κ3) is 5.39. The molecule has 206 valence electrons. The Morgan fingerprint density at radius 2 is 1.85 bits per heavy atom. The van der Waals surface area contributed by atoms with Gasteiger partial charge in [-0.25, -0.2) is 13.4 Å². The number of nitrogens with zero attached hydrogens (tertiary/aromatic N) is 1. The third-order valence-electron chi connectivity index (χ3n) is 8.12. The zero-order valence-electron chi connectivity index (χ0n) is 23.0. The SMILES string of the molecule is Cc1cc(OCCCS(C)(=O)=O)nc(C)c1-c1cccc(COc2ccc3c(c2)C(C)(C)C2C(C(=O)O)C32)c1. The molecule has 2 aliphatic carbocycles. The van der Waals surface area contributed by atoms with Crippen LogP contribution in [0.2, 0.25) is 0 Å². The van der Waals surface area contributed by atoms with E-state index < -0.39 is 15.8 Å². The van der Waals surface area contributed by atoms with Crippen molar-refractivity contribution in [2.75, 3.05) is 18.6 Å². The lowest BCUT2D eigenvalue weighted by Gasteiger charge is -2.24. The molecule has 3 aromatic rings. The lowest BCUT2D eigenvalue weighted by molar-refractivity contribution is -0.139. The predicted octanol–water partition coefficient (Wildman–Crippen LogP) is 5.46. The molecule has 2 aliphatic rings. The highest BCUT2D eigenvalue weighted by molar-refractivity contribution is 7.90. The zero-order valence-corrected chi connectivity index (χ0v) is 23.8. The number of benzene rings is 2. The van der Waals surface area contributed by atoms with Gasteiger partial charge < -0.3 is 14.6 Å². The minimum Gasteiger partial charge on any atom is -0.489 e. The summed E-state index contributed by atoms with van der Waals surface area (Å²) in [5, 5.41) is 9.55. The summed E-state index contributed by atoms with van der Waals surface area (Å²) in [4.78, 5) is 16.2. The molecule has 3 unspecified atom stereocenters. The van der Waals surface area contributed by atoms with E-state index in [0.29, 0.717) is 25.5 Å². The first-order valence-electron chi connectivity index (χ1n) is 13.2. The number of aliphatic carboxylic acids is 1. The van der Waals surface area contributed by atoms with E-state index in [9.17, 15) is 18.3 Å². The fraction of sp³-hybridized carbons (Fsp3) is 0.419. The van der Waals surface area contributed by atoms with Crippen molar-refractivity contribution in [1.82, 2.24) is 4.98 Å². The first kappa shape index (κ1) is 27.2. The number of ether oxygens (including phenoxy) is 2. The first-order valence-corrected chi connectivity index (χ1v) is 15.3. The molecule has 5 rings (SSSR count). The second-order valence-corrected chi connectivity index (χ2v) is 13.7. The summed E-state index contributed by atoms with van der Waals surface area (Å²) >= 11 is 0. The number of carboxylic acid groups (broad SMARTS) is 1. The summed E-state index contributed by atoms with van der Waals surface area (Å²) in [7, 11) is -3.01. The number of aryl methyl sites for hydroxylation is 2. The largest absolute Gasteiger partial charge is 0.489 e. The molecule has 1 saturated carbocycles. The predicted molar refractivity (Wildman–Crippen MR) is 150 cm³/mol. The molecule has 3 atom stereocenters. The summed E-state index contributed by atoms with van der Waals surface area (Å²) < 4.78 is 34.6. The topological polar surface area (TPSA) is 103 Å². The second kappa shape index (κ2) is 9.97. The molecule has 0 aliphatic heterocycles. The molecule has 0 radical (unpaired) electrons. The van der Waals surface area contributed by atoms with Gasteiger partial charge in [0.1, 0.15) is 22.2 Å². The van der Waals surface area contributed by atoms with Crippen molar-refractivity contribution >= 4 is 15.8 Å². The summed E-state index contributed by atoms with van der Waals surface area (Å²) in [6, 6.07) is 16.2. The molecule has 8 heteroatoms. The fourth-order valence-corrected chi connectivity index (χ4v) is 6.99. The minimum absolute atomic E-state index is 0.0906. The quantitative estimate of drug-likeness (QED) is 0.335. The van der Waals surface area contributed by atoms with E-state index in [-0.39, 0.29) is 28.9 Å². The summed E-state index contributed by atoms with van der Waals surface area (Å²) in [6.07, 6.45) is 1.65. The monoisotopic (exact) mass is 549 g/mol. The maximum Gasteiger partial charge on any atom is 0.307 e. The van der Waals surface area contributed by atoms with Gasteiger partial charge in [0.25, 0.3) is 0 Å². The van der Waals surface area contributed by atoms with Gasteiger partial charge in [0.15, 0.2) is 0 Å². The van der Waals surface area contributed by atoms with Crippen molar-refractivity contribution in [3.63, 3.8) is 0 Å². The van der Waals surface area contributed by atoms with Gasteiger partial charge in [-0.2, -0.15) is 0 Å². The van der Waals surface area contributed by atoms with Crippen molar-refractivity contribution in [3.05, 3.63) is 76.5 Å². The van der Waals surface area contributed by atoms with Gasteiger partial charge in [0, 0.05) is 29.5 Å². The molecule has 2 aromatic carbocycles. The number of carboxylic acids is 1. The number of sulfone groups is 1. The lowest BCUT2D eigenvalue weighted by atomic mass is 9.80. The van der Waals surface area contributed by atoms with Crippen LogP contribution in [0.1, 0.15) is 54.1 Å². The highest BCUT2D eigenvalue weighted by atomic mass is 32.2. The molecule has 1 heterocycles. The van der Waals surface area contributed by atoms with Gasteiger partial charge in [-0.15, -0.1) is 0 Å². The Bertz CT molecular complexity index is 1520. The van der Waals surface area contributed by atoms with Crippen molar-refractivity contribution in [2.45, 2.75) is 52.1 Å².